The van der Waals surface area contributed by atoms with E-state index in [1.165, 1.54) is 18.5 Å². The van der Waals surface area contributed by atoms with Gasteiger partial charge >= 0.3 is 0 Å². The minimum Gasteiger partial charge on any atom is -0.368 e. The summed E-state index contributed by atoms with van der Waals surface area (Å²) in [7, 11) is 4.24. The molecule has 6 heteroatoms. The van der Waals surface area contributed by atoms with E-state index in [0.29, 0.717) is 12.0 Å². The SMILES string of the molecule is Cc1nc2ccccc2nc1NC[C@@H]1CCCN(C)[C@H]1c1ccnn1C. The van der Waals surface area contributed by atoms with Crippen LogP contribution >= 0.6 is 0 Å². The van der Waals surface area contributed by atoms with Gasteiger partial charge in [-0.15, -0.1) is 0 Å². The Morgan fingerprint density at radius 3 is 2.62 bits per heavy atom. The van der Waals surface area contributed by atoms with E-state index in [0.717, 1.165) is 35.6 Å². The Bertz CT molecular complexity index is 902. The summed E-state index contributed by atoms with van der Waals surface area (Å²) in [6, 6.07) is 10.5. The van der Waals surface area contributed by atoms with Gasteiger partial charge in [0.1, 0.15) is 5.82 Å². The number of hydrogen-bond acceptors (Lipinski definition) is 5. The molecule has 0 amide bonds. The normalized spacial score (nSPS) is 21.2. The molecule has 6 nitrogen and oxygen atoms in total. The lowest BCUT2D eigenvalue weighted by atomic mass is 9.87. The number of fused-ring (bicyclic) bond motifs is 1. The fourth-order valence-electron chi connectivity index (χ4n) is 4.10. The Balaban J connectivity index is 1.56. The number of piperidine rings is 1. The highest BCUT2D eigenvalue weighted by Gasteiger charge is 2.32. The van der Waals surface area contributed by atoms with Crippen molar-refractivity contribution in [1.29, 1.82) is 0 Å². The van der Waals surface area contributed by atoms with E-state index in [2.05, 4.69) is 33.4 Å². The highest BCUT2D eigenvalue weighted by Crippen LogP contribution is 2.35. The minimum absolute atomic E-state index is 0.373. The lowest BCUT2D eigenvalue weighted by Crippen LogP contribution is -2.40. The molecule has 0 unspecified atom stereocenters. The number of hydrogen-bond donors (Lipinski definition) is 1. The van der Waals surface area contributed by atoms with Gasteiger partial charge in [-0.1, -0.05) is 12.1 Å². The summed E-state index contributed by atoms with van der Waals surface area (Å²) in [5.74, 6) is 1.40. The van der Waals surface area contributed by atoms with E-state index in [4.69, 9.17) is 4.98 Å². The fourth-order valence-corrected chi connectivity index (χ4v) is 4.10. The van der Waals surface area contributed by atoms with Gasteiger partial charge in [-0.2, -0.15) is 5.10 Å². The minimum atomic E-state index is 0.373. The van der Waals surface area contributed by atoms with Crippen LogP contribution in [0.15, 0.2) is 36.5 Å². The summed E-state index contributed by atoms with van der Waals surface area (Å²) in [6.07, 6.45) is 4.31. The molecule has 3 aromatic rings. The molecule has 0 saturated carbocycles. The molecule has 1 saturated heterocycles. The highest BCUT2D eigenvalue weighted by molar-refractivity contribution is 5.76. The molecule has 2 atom stereocenters. The molecule has 0 spiro atoms. The van der Waals surface area contributed by atoms with Crippen molar-refractivity contribution in [3.8, 4) is 0 Å². The molecule has 136 valence electrons. The Morgan fingerprint density at radius 1 is 1.12 bits per heavy atom. The lowest BCUT2D eigenvalue weighted by molar-refractivity contribution is 0.121. The number of para-hydroxylation sites is 2. The number of benzene rings is 1. The van der Waals surface area contributed by atoms with E-state index in [-0.39, 0.29) is 0 Å². The zero-order valence-electron chi connectivity index (χ0n) is 15.7. The van der Waals surface area contributed by atoms with Crippen LogP contribution in [0.4, 0.5) is 5.82 Å². The Kier molecular flexibility index (Phi) is 4.59. The molecule has 1 fully saturated rings. The average Bonchev–Trinajstić information content (AvgIpc) is 3.05. The fraction of sp³-hybridized carbons (Fsp3) is 0.450. The van der Waals surface area contributed by atoms with Crippen LogP contribution in [0.1, 0.15) is 30.3 Å². The summed E-state index contributed by atoms with van der Waals surface area (Å²) in [5, 5.41) is 7.95. The van der Waals surface area contributed by atoms with Gasteiger partial charge in [0.15, 0.2) is 0 Å². The third-order valence-corrected chi connectivity index (χ3v) is 5.45. The predicted octanol–water partition coefficient (Wildman–Crippen LogP) is 3.17. The number of likely N-dealkylation sites (tertiary alicyclic amines) is 1. The first-order valence-electron chi connectivity index (χ1n) is 9.29. The molecule has 0 radical (unpaired) electrons. The van der Waals surface area contributed by atoms with E-state index in [9.17, 15) is 0 Å². The molecule has 26 heavy (non-hydrogen) atoms. The summed E-state index contributed by atoms with van der Waals surface area (Å²) < 4.78 is 2.00. The van der Waals surface area contributed by atoms with Gasteiger partial charge < -0.3 is 5.32 Å². The Labute approximate surface area is 154 Å². The first-order valence-corrected chi connectivity index (χ1v) is 9.29. The topological polar surface area (TPSA) is 58.9 Å². The maximum Gasteiger partial charge on any atom is 0.148 e. The number of nitrogens with zero attached hydrogens (tertiary/aromatic N) is 5. The van der Waals surface area contributed by atoms with Crippen molar-refractivity contribution >= 4 is 16.9 Å². The van der Waals surface area contributed by atoms with Crippen molar-refractivity contribution in [2.24, 2.45) is 13.0 Å². The first kappa shape index (κ1) is 17.0. The van der Waals surface area contributed by atoms with Crippen molar-refractivity contribution in [2.75, 3.05) is 25.5 Å². The van der Waals surface area contributed by atoms with Gasteiger partial charge in [-0.25, -0.2) is 9.97 Å². The number of rotatable bonds is 4. The van der Waals surface area contributed by atoms with Gasteiger partial charge in [0.05, 0.1) is 28.5 Å². The molecule has 0 bridgehead atoms. The smallest absolute Gasteiger partial charge is 0.148 e. The largest absolute Gasteiger partial charge is 0.368 e. The molecule has 1 N–H and O–H groups in total. The molecular formula is C20H26N6. The van der Waals surface area contributed by atoms with E-state index >= 15 is 0 Å². The van der Waals surface area contributed by atoms with E-state index in [1.807, 2.05) is 49.1 Å². The van der Waals surface area contributed by atoms with Crippen molar-refractivity contribution < 1.29 is 0 Å². The number of nitrogens with one attached hydrogen (secondary N) is 1. The Morgan fingerprint density at radius 2 is 1.88 bits per heavy atom. The lowest BCUT2D eigenvalue weighted by Gasteiger charge is -2.39. The standard InChI is InChI=1S/C20H26N6/c1-14-20(24-17-9-5-4-8-16(17)23-14)21-13-15-7-6-12-25(2)19(15)18-10-11-22-26(18)3/h4-5,8-11,15,19H,6-7,12-13H2,1-3H3,(H,21,24)/t15-,19+/m0/s1. The van der Waals surface area contributed by atoms with Crippen LogP contribution in [0.25, 0.3) is 11.0 Å². The average molecular weight is 350 g/mol. The zero-order valence-corrected chi connectivity index (χ0v) is 15.7. The molecule has 4 rings (SSSR count). The second-order valence-corrected chi connectivity index (χ2v) is 7.23. The van der Waals surface area contributed by atoms with Crippen LogP contribution in [0, 0.1) is 12.8 Å². The molecule has 1 aromatic carbocycles. The van der Waals surface area contributed by atoms with Crippen LogP contribution < -0.4 is 5.32 Å². The van der Waals surface area contributed by atoms with E-state index < -0.39 is 0 Å². The van der Waals surface area contributed by atoms with Crippen LogP contribution in [-0.4, -0.2) is 44.8 Å². The van der Waals surface area contributed by atoms with Crippen molar-refractivity contribution in [3.63, 3.8) is 0 Å². The van der Waals surface area contributed by atoms with Crippen molar-refractivity contribution in [3.05, 3.63) is 47.9 Å². The van der Waals surface area contributed by atoms with Gasteiger partial charge in [-0.3, -0.25) is 9.58 Å². The van der Waals surface area contributed by atoms with E-state index in [1.54, 1.807) is 0 Å². The summed E-state index contributed by atoms with van der Waals surface area (Å²) in [6.45, 7) is 4.03. The Hall–Kier alpha value is -2.47. The predicted molar refractivity (Wildman–Crippen MR) is 104 cm³/mol. The molecule has 1 aliphatic heterocycles. The molecule has 3 heterocycles. The van der Waals surface area contributed by atoms with Crippen molar-refractivity contribution in [2.45, 2.75) is 25.8 Å². The third-order valence-electron chi connectivity index (χ3n) is 5.45. The molecule has 2 aromatic heterocycles. The molecule has 1 aliphatic rings. The van der Waals surface area contributed by atoms with Gasteiger partial charge in [-0.05, 0) is 57.5 Å². The monoisotopic (exact) mass is 350 g/mol. The molecule has 0 aliphatic carbocycles. The first-order chi connectivity index (χ1) is 12.6. The van der Waals surface area contributed by atoms with Crippen LogP contribution in [0.3, 0.4) is 0 Å². The second kappa shape index (κ2) is 7.03. The summed E-state index contributed by atoms with van der Waals surface area (Å²) in [4.78, 5) is 11.9. The number of aromatic nitrogens is 4. The maximum atomic E-state index is 4.78. The van der Waals surface area contributed by atoms with Gasteiger partial charge in [0.2, 0.25) is 0 Å². The maximum absolute atomic E-state index is 4.78. The molecular weight excluding hydrogens is 324 g/mol. The van der Waals surface area contributed by atoms with Crippen LogP contribution in [0.5, 0.6) is 0 Å². The second-order valence-electron chi connectivity index (χ2n) is 7.23. The van der Waals surface area contributed by atoms with Crippen LogP contribution in [-0.2, 0) is 7.05 Å². The van der Waals surface area contributed by atoms with Crippen molar-refractivity contribution in [1.82, 2.24) is 24.6 Å². The summed E-state index contributed by atoms with van der Waals surface area (Å²) >= 11 is 0. The van der Waals surface area contributed by atoms with Gasteiger partial charge in [0, 0.05) is 19.8 Å². The quantitative estimate of drug-likeness (QED) is 0.783. The number of anilines is 1. The third kappa shape index (κ3) is 3.17. The summed E-state index contributed by atoms with van der Waals surface area (Å²) in [5.41, 5.74) is 4.11. The van der Waals surface area contributed by atoms with Gasteiger partial charge in [0.25, 0.3) is 0 Å². The highest BCUT2D eigenvalue weighted by atomic mass is 15.3. The van der Waals surface area contributed by atoms with Crippen LogP contribution in [0.2, 0.25) is 0 Å². The zero-order chi connectivity index (χ0) is 18.1. The number of aryl methyl sites for hydroxylation is 2.